The van der Waals surface area contributed by atoms with Crippen molar-refractivity contribution in [2.75, 3.05) is 13.2 Å². The number of aliphatic hydroxyl groups is 2. The lowest BCUT2D eigenvalue weighted by molar-refractivity contribution is 0.0149. The molecule has 0 aromatic heterocycles. The van der Waals surface area contributed by atoms with Crippen molar-refractivity contribution >= 4 is 0 Å². The molecule has 10 atom stereocenters. The highest BCUT2D eigenvalue weighted by atomic mass is 16.3. The average molecular weight is 262 g/mol. The van der Waals surface area contributed by atoms with Gasteiger partial charge in [-0.2, -0.15) is 0 Å². The maximum absolute atomic E-state index is 9.77. The lowest BCUT2D eigenvalue weighted by Crippen LogP contribution is -2.39. The minimum absolute atomic E-state index is 0.317. The Hall–Kier alpha value is -0.0800. The smallest absolute Gasteiger partial charge is 0.0465 e. The molecule has 5 rings (SSSR count). The minimum atomic E-state index is 0.317. The molecule has 19 heavy (non-hydrogen) atoms. The van der Waals surface area contributed by atoms with Crippen molar-refractivity contribution < 1.29 is 10.2 Å². The molecule has 0 radical (unpaired) electrons. The van der Waals surface area contributed by atoms with Crippen molar-refractivity contribution in [3.63, 3.8) is 0 Å². The van der Waals surface area contributed by atoms with Crippen molar-refractivity contribution in [1.82, 2.24) is 0 Å². The number of rotatable bonds is 2. The SMILES string of the molecule is OCC1C(CO)C2CC1C1CC3C4CCC(C4)C3C21. The minimum Gasteiger partial charge on any atom is -0.396 e. The van der Waals surface area contributed by atoms with Crippen molar-refractivity contribution in [3.8, 4) is 0 Å². The van der Waals surface area contributed by atoms with E-state index in [2.05, 4.69) is 0 Å². The quantitative estimate of drug-likeness (QED) is 0.800. The Morgan fingerprint density at radius 3 is 2.11 bits per heavy atom. The van der Waals surface area contributed by atoms with E-state index in [0.717, 1.165) is 47.3 Å². The fraction of sp³-hybridized carbons (Fsp3) is 1.00. The van der Waals surface area contributed by atoms with Gasteiger partial charge in [0.2, 0.25) is 0 Å². The van der Waals surface area contributed by atoms with Crippen LogP contribution in [0.15, 0.2) is 0 Å². The van der Waals surface area contributed by atoms with E-state index < -0.39 is 0 Å². The maximum Gasteiger partial charge on any atom is 0.0465 e. The van der Waals surface area contributed by atoms with Gasteiger partial charge in [0.05, 0.1) is 0 Å². The van der Waals surface area contributed by atoms with E-state index in [1.54, 1.807) is 0 Å². The first-order valence-corrected chi connectivity index (χ1v) is 8.55. The Bertz CT molecular complexity index is 395. The normalized spacial score (nSPS) is 64.7. The summed E-state index contributed by atoms with van der Waals surface area (Å²) < 4.78 is 0. The topological polar surface area (TPSA) is 40.5 Å². The van der Waals surface area contributed by atoms with Gasteiger partial charge in [-0.1, -0.05) is 0 Å². The summed E-state index contributed by atoms with van der Waals surface area (Å²) in [7, 11) is 0. The summed E-state index contributed by atoms with van der Waals surface area (Å²) in [6.07, 6.45) is 7.34. The first-order chi connectivity index (χ1) is 9.33. The summed E-state index contributed by atoms with van der Waals surface area (Å²) in [6, 6.07) is 0. The van der Waals surface area contributed by atoms with Crippen LogP contribution in [0.1, 0.15) is 32.1 Å². The molecule has 4 bridgehead atoms. The van der Waals surface area contributed by atoms with Gasteiger partial charge in [-0.25, -0.2) is 0 Å². The van der Waals surface area contributed by atoms with Crippen LogP contribution in [0.5, 0.6) is 0 Å². The molecule has 0 aromatic rings. The van der Waals surface area contributed by atoms with Crippen molar-refractivity contribution in [2.45, 2.75) is 32.1 Å². The van der Waals surface area contributed by atoms with Crippen molar-refractivity contribution in [1.29, 1.82) is 0 Å². The first-order valence-electron chi connectivity index (χ1n) is 8.55. The second-order valence-electron chi connectivity index (χ2n) is 8.31. The Kier molecular flexibility index (Phi) is 2.29. The third kappa shape index (κ3) is 1.22. The Morgan fingerprint density at radius 1 is 0.632 bits per heavy atom. The molecule has 2 heteroatoms. The number of hydrogen-bond acceptors (Lipinski definition) is 2. The summed E-state index contributed by atoms with van der Waals surface area (Å²) in [4.78, 5) is 0. The van der Waals surface area contributed by atoms with Crippen LogP contribution in [0.2, 0.25) is 0 Å². The van der Waals surface area contributed by atoms with Crippen LogP contribution in [-0.4, -0.2) is 23.4 Å². The predicted molar refractivity (Wildman–Crippen MR) is 72.2 cm³/mol. The summed E-state index contributed by atoms with van der Waals surface area (Å²) in [5, 5.41) is 19.5. The van der Waals surface area contributed by atoms with Gasteiger partial charge in [-0.05, 0) is 91.3 Å². The molecule has 5 saturated carbocycles. The largest absolute Gasteiger partial charge is 0.396 e. The Labute approximate surface area is 115 Å². The van der Waals surface area contributed by atoms with Crippen LogP contribution in [-0.2, 0) is 0 Å². The van der Waals surface area contributed by atoms with Gasteiger partial charge in [0.25, 0.3) is 0 Å². The number of fused-ring (bicyclic) bond motifs is 11. The van der Waals surface area contributed by atoms with Gasteiger partial charge in [-0.15, -0.1) is 0 Å². The van der Waals surface area contributed by atoms with E-state index in [-0.39, 0.29) is 0 Å². The molecule has 2 N–H and O–H groups in total. The average Bonchev–Trinajstić information content (AvgIpc) is 3.16. The molecule has 0 saturated heterocycles. The van der Waals surface area contributed by atoms with E-state index in [0.29, 0.717) is 25.0 Å². The van der Waals surface area contributed by atoms with Crippen molar-refractivity contribution in [2.24, 2.45) is 59.2 Å². The Morgan fingerprint density at radius 2 is 1.32 bits per heavy atom. The monoisotopic (exact) mass is 262 g/mol. The van der Waals surface area contributed by atoms with Crippen LogP contribution in [0, 0.1) is 59.2 Å². The highest BCUT2D eigenvalue weighted by molar-refractivity contribution is 5.15. The zero-order valence-electron chi connectivity index (χ0n) is 11.6. The lowest BCUT2D eigenvalue weighted by atomic mass is 9.66. The molecule has 2 nitrogen and oxygen atoms in total. The molecule has 0 aromatic carbocycles. The van der Waals surface area contributed by atoms with E-state index in [9.17, 15) is 10.2 Å². The molecule has 106 valence electrons. The predicted octanol–water partition coefficient (Wildman–Crippen LogP) is 2.15. The number of hydrogen-bond donors (Lipinski definition) is 2. The third-order valence-corrected chi connectivity index (χ3v) is 8.30. The maximum atomic E-state index is 9.77. The molecule has 5 aliphatic carbocycles. The van der Waals surface area contributed by atoms with Gasteiger partial charge in [0, 0.05) is 13.2 Å². The van der Waals surface area contributed by atoms with E-state index in [1.165, 1.54) is 32.1 Å². The van der Waals surface area contributed by atoms with Crippen LogP contribution in [0.25, 0.3) is 0 Å². The first kappa shape index (κ1) is 11.6. The van der Waals surface area contributed by atoms with Crippen molar-refractivity contribution in [3.05, 3.63) is 0 Å². The van der Waals surface area contributed by atoms with Gasteiger partial charge >= 0.3 is 0 Å². The lowest BCUT2D eigenvalue weighted by Gasteiger charge is -2.40. The second-order valence-corrected chi connectivity index (χ2v) is 8.31. The molecule has 0 spiro atoms. The molecule has 0 amide bonds. The standard InChI is InChI=1S/C17H26O2/c18-6-14-11-5-13(15(14)7-19)17-12(11)4-10-8-1-2-9(3-8)16(10)17/h8-19H,1-7H2. The molecule has 5 aliphatic rings. The highest BCUT2D eigenvalue weighted by Crippen LogP contribution is 2.72. The molecule has 0 aliphatic heterocycles. The summed E-state index contributed by atoms with van der Waals surface area (Å²) in [5.41, 5.74) is 0. The summed E-state index contributed by atoms with van der Waals surface area (Å²) in [6.45, 7) is 0.638. The van der Waals surface area contributed by atoms with Gasteiger partial charge in [-0.3, -0.25) is 0 Å². The molecule has 0 heterocycles. The van der Waals surface area contributed by atoms with Crippen LogP contribution < -0.4 is 0 Å². The van der Waals surface area contributed by atoms with Crippen LogP contribution in [0.4, 0.5) is 0 Å². The van der Waals surface area contributed by atoms with E-state index in [1.807, 2.05) is 0 Å². The molecule has 10 unspecified atom stereocenters. The summed E-state index contributed by atoms with van der Waals surface area (Å²) >= 11 is 0. The second kappa shape index (κ2) is 3.76. The highest BCUT2D eigenvalue weighted by Gasteiger charge is 2.67. The third-order valence-electron chi connectivity index (χ3n) is 8.30. The van der Waals surface area contributed by atoms with Gasteiger partial charge in [0.15, 0.2) is 0 Å². The van der Waals surface area contributed by atoms with Crippen LogP contribution in [0.3, 0.4) is 0 Å². The van der Waals surface area contributed by atoms with Gasteiger partial charge < -0.3 is 10.2 Å². The van der Waals surface area contributed by atoms with E-state index >= 15 is 0 Å². The fourth-order valence-corrected chi connectivity index (χ4v) is 8.00. The van der Waals surface area contributed by atoms with Crippen LogP contribution >= 0.6 is 0 Å². The molecule has 5 fully saturated rings. The zero-order chi connectivity index (χ0) is 12.7. The zero-order valence-corrected chi connectivity index (χ0v) is 11.6. The summed E-state index contributed by atoms with van der Waals surface area (Å²) in [5.74, 6) is 8.36. The molecular weight excluding hydrogens is 236 g/mol. The number of aliphatic hydroxyl groups excluding tert-OH is 2. The fourth-order valence-electron chi connectivity index (χ4n) is 8.00. The Balaban J connectivity index is 1.50. The molecular formula is C17H26O2. The van der Waals surface area contributed by atoms with E-state index in [4.69, 9.17) is 0 Å². The van der Waals surface area contributed by atoms with Gasteiger partial charge in [0.1, 0.15) is 0 Å².